The number of piperidine rings is 1. The maximum atomic E-state index is 12.6. The lowest BCUT2D eigenvalue weighted by Crippen LogP contribution is -2.45. The third-order valence-corrected chi connectivity index (χ3v) is 6.96. The molecule has 1 fully saturated rings. The number of nitrogens with zero attached hydrogens (tertiary/aromatic N) is 2. The first-order valence-electron chi connectivity index (χ1n) is 12.8. The molecule has 3 N–H and O–H groups in total. The zero-order chi connectivity index (χ0) is 25.3. The van der Waals surface area contributed by atoms with Gasteiger partial charge in [0.2, 0.25) is 5.91 Å². The summed E-state index contributed by atoms with van der Waals surface area (Å²) in [6, 6.07) is 11.2. The van der Waals surface area contributed by atoms with Gasteiger partial charge in [-0.3, -0.25) is 9.78 Å². The van der Waals surface area contributed by atoms with Crippen molar-refractivity contribution in [1.29, 1.82) is 0 Å². The Hall–Kier alpha value is -2.70. The standard InChI is InChI=1S/C29H40N4O2/c1-18(2)27-24-15-22(7-8-25(24)32-28(27)23-13-19(3)31-20(4)14-23)21-9-11-33(12-10-21)26(34)16-30-17-29(5,6)35/h7-8,13-15,18,21,30,32,35H,9-12,16-17H2,1-6H3. The number of aromatic amines is 1. The highest BCUT2D eigenvalue weighted by atomic mass is 16.3. The van der Waals surface area contributed by atoms with E-state index in [-0.39, 0.29) is 12.5 Å². The lowest BCUT2D eigenvalue weighted by Gasteiger charge is -2.32. The maximum Gasteiger partial charge on any atom is 0.236 e. The number of aromatic nitrogens is 2. The molecule has 0 unspecified atom stereocenters. The number of benzene rings is 1. The van der Waals surface area contributed by atoms with Crippen molar-refractivity contribution in [2.45, 2.75) is 71.8 Å². The Labute approximate surface area is 209 Å². The van der Waals surface area contributed by atoms with Gasteiger partial charge in [0.15, 0.2) is 0 Å². The normalized spacial score (nSPS) is 15.4. The van der Waals surface area contributed by atoms with Crippen molar-refractivity contribution >= 4 is 16.8 Å². The molecule has 0 atom stereocenters. The zero-order valence-electron chi connectivity index (χ0n) is 22.0. The minimum absolute atomic E-state index is 0.114. The molecule has 35 heavy (non-hydrogen) atoms. The summed E-state index contributed by atoms with van der Waals surface area (Å²) in [4.78, 5) is 22.8. The van der Waals surface area contributed by atoms with Crippen LogP contribution in [-0.2, 0) is 4.79 Å². The summed E-state index contributed by atoms with van der Waals surface area (Å²) < 4.78 is 0. The van der Waals surface area contributed by atoms with Crippen LogP contribution in [0.1, 0.15) is 74.9 Å². The average Bonchev–Trinajstić information content (AvgIpc) is 3.17. The predicted molar refractivity (Wildman–Crippen MR) is 143 cm³/mol. The van der Waals surface area contributed by atoms with Gasteiger partial charge >= 0.3 is 0 Å². The van der Waals surface area contributed by atoms with Crippen LogP contribution in [0.2, 0.25) is 0 Å². The van der Waals surface area contributed by atoms with Crippen LogP contribution < -0.4 is 5.32 Å². The molecule has 3 aromatic rings. The molecule has 6 heteroatoms. The first-order chi connectivity index (χ1) is 16.5. The van der Waals surface area contributed by atoms with E-state index in [0.29, 0.717) is 18.4 Å². The molecule has 0 aliphatic carbocycles. The second kappa shape index (κ2) is 10.1. The highest BCUT2D eigenvalue weighted by Gasteiger charge is 2.25. The van der Waals surface area contributed by atoms with Gasteiger partial charge in [-0.1, -0.05) is 19.9 Å². The van der Waals surface area contributed by atoms with Crippen LogP contribution in [0.5, 0.6) is 0 Å². The van der Waals surface area contributed by atoms with Crippen LogP contribution in [0.3, 0.4) is 0 Å². The summed E-state index contributed by atoms with van der Waals surface area (Å²) >= 11 is 0. The molecule has 4 rings (SSSR count). The Morgan fingerprint density at radius 1 is 1.17 bits per heavy atom. The van der Waals surface area contributed by atoms with Crippen molar-refractivity contribution in [3.8, 4) is 11.3 Å². The molecule has 1 aliphatic heterocycles. The van der Waals surface area contributed by atoms with Crippen molar-refractivity contribution in [3.05, 3.63) is 52.8 Å². The van der Waals surface area contributed by atoms with Crippen molar-refractivity contribution in [2.75, 3.05) is 26.2 Å². The Balaban J connectivity index is 1.51. The molecule has 1 amide bonds. The Morgan fingerprint density at radius 2 is 1.83 bits per heavy atom. The van der Waals surface area contributed by atoms with E-state index in [2.05, 4.69) is 59.5 Å². The summed E-state index contributed by atoms with van der Waals surface area (Å²) in [5.74, 6) is 0.957. The van der Waals surface area contributed by atoms with Gasteiger partial charge in [-0.2, -0.15) is 0 Å². The smallest absolute Gasteiger partial charge is 0.236 e. The molecule has 1 saturated heterocycles. The van der Waals surface area contributed by atoms with Gasteiger partial charge in [0.05, 0.1) is 17.8 Å². The lowest BCUT2D eigenvalue weighted by molar-refractivity contribution is -0.131. The number of nitrogens with one attached hydrogen (secondary N) is 2. The van der Waals surface area contributed by atoms with Crippen molar-refractivity contribution < 1.29 is 9.90 Å². The SMILES string of the molecule is Cc1cc(-c2[nH]c3ccc(C4CCN(C(=O)CNCC(C)(C)O)CC4)cc3c2C(C)C)cc(C)n1. The summed E-state index contributed by atoms with van der Waals surface area (Å²) in [6.45, 7) is 14.3. The van der Waals surface area contributed by atoms with Gasteiger partial charge < -0.3 is 20.3 Å². The molecule has 1 aliphatic rings. The monoisotopic (exact) mass is 476 g/mol. The number of H-pyrrole nitrogens is 1. The lowest BCUT2D eigenvalue weighted by atomic mass is 9.87. The van der Waals surface area contributed by atoms with E-state index in [4.69, 9.17) is 0 Å². The van der Waals surface area contributed by atoms with E-state index >= 15 is 0 Å². The minimum Gasteiger partial charge on any atom is -0.389 e. The average molecular weight is 477 g/mol. The van der Waals surface area contributed by atoms with E-state index in [1.54, 1.807) is 13.8 Å². The molecular weight excluding hydrogens is 436 g/mol. The minimum atomic E-state index is -0.812. The number of rotatable bonds is 7. The number of carbonyl (C=O) groups excluding carboxylic acids is 1. The number of carbonyl (C=O) groups is 1. The molecule has 1 aromatic carbocycles. The molecule has 188 valence electrons. The maximum absolute atomic E-state index is 12.6. The van der Waals surface area contributed by atoms with E-state index in [1.165, 1.54) is 33.3 Å². The Bertz CT molecular complexity index is 1180. The number of pyridine rings is 1. The van der Waals surface area contributed by atoms with Gasteiger partial charge in [-0.05, 0) is 87.8 Å². The van der Waals surface area contributed by atoms with E-state index in [9.17, 15) is 9.90 Å². The van der Waals surface area contributed by atoms with Crippen LogP contribution in [-0.4, -0.2) is 57.7 Å². The number of hydrogen-bond acceptors (Lipinski definition) is 4. The number of fused-ring (bicyclic) bond motifs is 1. The largest absolute Gasteiger partial charge is 0.389 e. The molecule has 0 radical (unpaired) electrons. The second-order valence-electron chi connectivity index (χ2n) is 11.1. The molecular formula is C29H40N4O2. The van der Waals surface area contributed by atoms with Crippen molar-refractivity contribution in [3.63, 3.8) is 0 Å². The van der Waals surface area contributed by atoms with Gasteiger partial charge in [0.1, 0.15) is 0 Å². The molecule has 0 saturated carbocycles. The van der Waals surface area contributed by atoms with E-state index < -0.39 is 5.60 Å². The van der Waals surface area contributed by atoms with Gasteiger partial charge in [-0.25, -0.2) is 0 Å². The summed E-state index contributed by atoms with van der Waals surface area (Å²) in [5, 5.41) is 14.2. The van der Waals surface area contributed by atoms with E-state index in [1.807, 2.05) is 18.7 Å². The Kier molecular flexibility index (Phi) is 7.34. The van der Waals surface area contributed by atoms with Crippen molar-refractivity contribution in [2.24, 2.45) is 0 Å². The molecule has 0 spiro atoms. The fourth-order valence-electron chi connectivity index (χ4n) is 5.34. The number of aliphatic hydroxyl groups is 1. The third kappa shape index (κ3) is 5.93. The van der Waals surface area contributed by atoms with E-state index in [0.717, 1.165) is 37.3 Å². The zero-order valence-corrected chi connectivity index (χ0v) is 22.0. The van der Waals surface area contributed by atoms with Crippen LogP contribution in [0.25, 0.3) is 22.2 Å². The number of likely N-dealkylation sites (tertiary alicyclic amines) is 1. The topological polar surface area (TPSA) is 81.2 Å². The first-order valence-corrected chi connectivity index (χ1v) is 12.8. The third-order valence-electron chi connectivity index (χ3n) is 6.96. The fourth-order valence-corrected chi connectivity index (χ4v) is 5.34. The summed E-state index contributed by atoms with van der Waals surface area (Å²) in [6.07, 6.45) is 1.94. The molecule has 0 bridgehead atoms. The quantitative estimate of drug-likeness (QED) is 0.446. The molecule has 3 heterocycles. The predicted octanol–water partition coefficient (Wildman–Crippen LogP) is 5.04. The Morgan fingerprint density at radius 3 is 2.43 bits per heavy atom. The second-order valence-corrected chi connectivity index (χ2v) is 11.1. The molecule has 6 nitrogen and oxygen atoms in total. The van der Waals surface area contributed by atoms with Crippen LogP contribution in [0.4, 0.5) is 0 Å². The van der Waals surface area contributed by atoms with Crippen molar-refractivity contribution in [1.82, 2.24) is 20.2 Å². The number of aryl methyl sites for hydroxylation is 2. The number of hydrogen-bond donors (Lipinski definition) is 3. The summed E-state index contributed by atoms with van der Waals surface area (Å²) in [5.41, 5.74) is 7.53. The first kappa shape index (κ1) is 25.4. The number of amides is 1. The van der Waals surface area contributed by atoms with Crippen LogP contribution in [0, 0.1) is 13.8 Å². The highest BCUT2D eigenvalue weighted by Crippen LogP contribution is 2.38. The summed E-state index contributed by atoms with van der Waals surface area (Å²) in [7, 11) is 0. The van der Waals surface area contributed by atoms with Gasteiger partial charge in [0, 0.05) is 47.5 Å². The van der Waals surface area contributed by atoms with Crippen LogP contribution >= 0.6 is 0 Å². The van der Waals surface area contributed by atoms with Gasteiger partial charge in [0.25, 0.3) is 0 Å². The highest BCUT2D eigenvalue weighted by molar-refractivity contribution is 5.92. The fraction of sp³-hybridized carbons (Fsp3) is 0.517. The van der Waals surface area contributed by atoms with Gasteiger partial charge in [-0.15, -0.1) is 0 Å². The molecule has 2 aromatic heterocycles. The van der Waals surface area contributed by atoms with Crippen LogP contribution in [0.15, 0.2) is 30.3 Å².